The summed E-state index contributed by atoms with van der Waals surface area (Å²) in [4.78, 5) is 35.3. The van der Waals surface area contributed by atoms with Crippen LogP contribution < -0.4 is 10.2 Å². The molecular formula is C29H24Cl2N4O3. The van der Waals surface area contributed by atoms with Crippen molar-refractivity contribution >= 4 is 52.7 Å². The van der Waals surface area contributed by atoms with Gasteiger partial charge in [0.15, 0.2) is 0 Å². The van der Waals surface area contributed by atoms with Gasteiger partial charge in [0.2, 0.25) is 0 Å². The van der Waals surface area contributed by atoms with Crippen LogP contribution in [0.2, 0.25) is 10.0 Å². The fourth-order valence-corrected chi connectivity index (χ4v) is 4.31. The van der Waals surface area contributed by atoms with Crippen LogP contribution in [0, 0.1) is 0 Å². The van der Waals surface area contributed by atoms with E-state index in [2.05, 4.69) is 20.2 Å². The highest BCUT2D eigenvalue weighted by atomic mass is 35.5. The van der Waals surface area contributed by atoms with E-state index in [1.165, 1.54) is 12.1 Å². The molecule has 0 aliphatic heterocycles. The van der Waals surface area contributed by atoms with Gasteiger partial charge in [0.25, 0.3) is 5.91 Å². The van der Waals surface area contributed by atoms with Gasteiger partial charge in [-0.05, 0) is 60.5 Å². The Labute approximate surface area is 230 Å². The van der Waals surface area contributed by atoms with Gasteiger partial charge in [0.05, 0.1) is 27.8 Å². The maximum absolute atomic E-state index is 12.6. The molecule has 0 saturated heterocycles. The van der Waals surface area contributed by atoms with Gasteiger partial charge in [-0.1, -0.05) is 65.7 Å². The van der Waals surface area contributed by atoms with Gasteiger partial charge in [-0.2, -0.15) is 0 Å². The molecule has 0 aliphatic carbocycles. The molecule has 9 heteroatoms. The number of amides is 1. The van der Waals surface area contributed by atoms with E-state index >= 15 is 0 Å². The number of carboxylic acid groups (broad SMARTS) is 1. The number of aliphatic carboxylic acids is 1. The lowest BCUT2D eigenvalue weighted by atomic mass is 10.1. The van der Waals surface area contributed by atoms with Crippen LogP contribution >= 0.6 is 23.2 Å². The van der Waals surface area contributed by atoms with Crippen molar-refractivity contribution in [3.8, 4) is 0 Å². The SMILES string of the molecule is O=C(NC(CC=Cc1ccc(N(Cc2ccccn2)c2ccccn2)cc1)C(=O)O)c1c(Cl)cccc1Cl. The van der Waals surface area contributed by atoms with Crippen molar-refractivity contribution in [2.24, 2.45) is 0 Å². The summed E-state index contributed by atoms with van der Waals surface area (Å²) in [6, 6.07) is 22.8. The number of halogens is 2. The minimum Gasteiger partial charge on any atom is -0.480 e. The van der Waals surface area contributed by atoms with E-state index in [1.54, 1.807) is 30.6 Å². The first kappa shape index (κ1) is 26.9. The Balaban J connectivity index is 1.45. The van der Waals surface area contributed by atoms with Gasteiger partial charge < -0.3 is 15.3 Å². The van der Waals surface area contributed by atoms with Crippen molar-refractivity contribution in [1.29, 1.82) is 0 Å². The normalized spacial score (nSPS) is 11.7. The Morgan fingerprint density at radius 1 is 0.895 bits per heavy atom. The molecule has 0 spiro atoms. The molecule has 0 aliphatic rings. The van der Waals surface area contributed by atoms with E-state index in [0.29, 0.717) is 6.54 Å². The minimum atomic E-state index is -1.16. The third kappa shape index (κ3) is 6.97. The van der Waals surface area contributed by atoms with Gasteiger partial charge in [-0.3, -0.25) is 9.78 Å². The predicted octanol–water partition coefficient (Wildman–Crippen LogP) is 6.41. The molecule has 0 fully saturated rings. The van der Waals surface area contributed by atoms with Crippen LogP contribution in [-0.4, -0.2) is 33.0 Å². The molecule has 1 unspecified atom stereocenters. The molecule has 0 saturated carbocycles. The summed E-state index contributed by atoms with van der Waals surface area (Å²) in [6.07, 6.45) is 7.08. The molecule has 1 amide bonds. The molecule has 2 heterocycles. The smallest absolute Gasteiger partial charge is 0.326 e. The predicted molar refractivity (Wildman–Crippen MR) is 150 cm³/mol. The molecule has 2 aromatic carbocycles. The number of hydrogen-bond acceptors (Lipinski definition) is 5. The van der Waals surface area contributed by atoms with Crippen molar-refractivity contribution in [1.82, 2.24) is 15.3 Å². The highest BCUT2D eigenvalue weighted by Crippen LogP contribution is 2.26. The van der Waals surface area contributed by atoms with E-state index in [9.17, 15) is 14.7 Å². The maximum Gasteiger partial charge on any atom is 0.326 e. The first-order valence-electron chi connectivity index (χ1n) is 11.7. The van der Waals surface area contributed by atoms with Crippen LogP contribution in [0.3, 0.4) is 0 Å². The van der Waals surface area contributed by atoms with Crippen molar-refractivity contribution in [3.63, 3.8) is 0 Å². The minimum absolute atomic E-state index is 0.0461. The Hall–Kier alpha value is -4.20. The maximum atomic E-state index is 12.6. The zero-order valence-corrected chi connectivity index (χ0v) is 21.7. The van der Waals surface area contributed by atoms with Gasteiger partial charge in [0.1, 0.15) is 11.9 Å². The molecule has 192 valence electrons. The molecule has 4 rings (SSSR count). The van der Waals surface area contributed by atoms with Crippen LogP contribution in [0.1, 0.15) is 28.0 Å². The van der Waals surface area contributed by atoms with E-state index in [0.717, 1.165) is 22.8 Å². The average molecular weight is 547 g/mol. The third-order valence-electron chi connectivity index (χ3n) is 5.65. The Morgan fingerprint density at radius 2 is 1.58 bits per heavy atom. The summed E-state index contributed by atoms with van der Waals surface area (Å²) in [5.41, 5.74) is 2.75. The van der Waals surface area contributed by atoms with Gasteiger partial charge in [-0.25, -0.2) is 9.78 Å². The van der Waals surface area contributed by atoms with E-state index in [-0.39, 0.29) is 22.0 Å². The lowest BCUT2D eigenvalue weighted by Gasteiger charge is -2.23. The summed E-state index contributed by atoms with van der Waals surface area (Å²) in [5, 5.41) is 12.4. The van der Waals surface area contributed by atoms with Crippen molar-refractivity contribution < 1.29 is 14.7 Å². The average Bonchev–Trinajstić information content (AvgIpc) is 2.92. The first-order chi connectivity index (χ1) is 18.4. The standard InChI is InChI=1S/C29H24Cl2N4O3/c30-23-9-6-10-24(31)27(23)28(36)34-25(29(37)38)11-5-7-20-13-15-22(16-14-20)35(26-12-2-4-18-33-26)19-21-8-1-3-17-32-21/h1-10,12-18,25H,11,19H2,(H,34,36)(H,37,38). The molecular weight excluding hydrogens is 523 g/mol. The largest absolute Gasteiger partial charge is 0.480 e. The third-order valence-corrected chi connectivity index (χ3v) is 6.28. The van der Waals surface area contributed by atoms with Crippen LogP contribution in [0.4, 0.5) is 11.5 Å². The fraction of sp³-hybridized carbons (Fsp3) is 0.103. The van der Waals surface area contributed by atoms with Gasteiger partial charge in [-0.15, -0.1) is 0 Å². The number of carbonyl (C=O) groups excluding carboxylic acids is 1. The molecule has 0 radical (unpaired) electrons. The summed E-state index contributed by atoms with van der Waals surface area (Å²) < 4.78 is 0. The number of carboxylic acids is 1. The molecule has 2 N–H and O–H groups in total. The molecule has 2 aromatic heterocycles. The topological polar surface area (TPSA) is 95.4 Å². The number of anilines is 2. The number of benzene rings is 2. The number of nitrogens with one attached hydrogen (secondary N) is 1. The first-order valence-corrected chi connectivity index (χ1v) is 12.5. The van der Waals surface area contributed by atoms with E-state index in [1.807, 2.05) is 60.7 Å². The monoisotopic (exact) mass is 546 g/mol. The zero-order valence-electron chi connectivity index (χ0n) is 20.2. The van der Waals surface area contributed by atoms with E-state index in [4.69, 9.17) is 23.2 Å². The van der Waals surface area contributed by atoms with E-state index < -0.39 is 17.9 Å². The summed E-state index contributed by atoms with van der Waals surface area (Å²) in [7, 11) is 0. The molecule has 7 nitrogen and oxygen atoms in total. The van der Waals surface area contributed by atoms with Crippen LogP contribution in [0.25, 0.3) is 6.08 Å². The molecule has 38 heavy (non-hydrogen) atoms. The van der Waals surface area contributed by atoms with Gasteiger partial charge >= 0.3 is 5.97 Å². The Bertz CT molecular complexity index is 1390. The summed E-state index contributed by atoms with van der Waals surface area (Å²) in [6.45, 7) is 0.544. The number of carbonyl (C=O) groups is 2. The Morgan fingerprint density at radius 3 is 2.18 bits per heavy atom. The van der Waals surface area contributed by atoms with Crippen molar-refractivity contribution in [3.05, 3.63) is 124 Å². The van der Waals surface area contributed by atoms with Crippen molar-refractivity contribution in [2.45, 2.75) is 19.0 Å². The highest BCUT2D eigenvalue weighted by Gasteiger charge is 2.22. The van der Waals surface area contributed by atoms with Gasteiger partial charge in [0, 0.05) is 18.1 Å². The number of rotatable bonds is 10. The summed E-state index contributed by atoms with van der Waals surface area (Å²) in [5.74, 6) is -1.02. The van der Waals surface area contributed by atoms with Crippen LogP contribution in [-0.2, 0) is 11.3 Å². The lowest BCUT2D eigenvalue weighted by Crippen LogP contribution is -2.40. The second-order valence-corrected chi connectivity index (χ2v) is 9.10. The summed E-state index contributed by atoms with van der Waals surface area (Å²) >= 11 is 12.1. The number of pyridine rings is 2. The second kappa shape index (κ2) is 12.9. The van der Waals surface area contributed by atoms with Crippen LogP contribution in [0.15, 0.2) is 97.3 Å². The zero-order chi connectivity index (χ0) is 26.9. The molecule has 1 atom stereocenters. The number of hydrogen-bond donors (Lipinski definition) is 2. The highest BCUT2D eigenvalue weighted by molar-refractivity contribution is 6.39. The van der Waals surface area contributed by atoms with Crippen molar-refractivity contribution in [2.75, 3.05) is 4.90 Å². The number of aromatic nitrogens is 2. The lowest BCUT2D eigenvalue weighted by molar-refractivity contribution is -0.139. The Kier molecular flexibility index (Phi) is 9.08. The quantitative estimate of drug-likeness (QED) is 0.238. The number of nitrogens with zero attached hydrogens (tertiary/aromatic N) is 3. The molecule has 0 bridgehead atoms. The second-order valence-electron chi connectivity index (χ2n) is 8.29. The molecule has 4 aromatic rings. The van der Waals surface area contributed by atoms with Crippen LogP contribution in [0.5, 0.6) is 0 Å². The fourth-order valence-electron chi connectivity index (χ4n) is 3.74.